The zero-order valence-corrected chi connectivity index (χ0v) is 14.0. The third-order valence-electron chi connectivity index (χ3n) is 4.30. The minimum Gasteiger partial charge on any atom is -0.495 e. The number of amides is 1. The summed E-state index contributed by atoms with van der Waals surface area (Å²) in [6, 6.07) is 11.4. The first-order valence-electron chi connectivity index (χ1n) is 8.03. The maximum absolute atomic E-state index is 12.9. The van der Waals surface area contributed by atoms with E-state index < -0.39 is 0 Å². The molecule has 1 amide bonds. The van der Waals surface area contributed by atoms with E-state index in [2.05, 4.69) is 15.6 Å². The molecule has 1 saturated heterocycles. The van der Waals surface area contributed by atoms with Crippen LogP contribution in [0.5, 0.6) is 5.75 Å². The van der Waals surface area contributed by atoms with Crippen LogP contribution in [-0.2, 0) is 0 Å². The van der Waals surface area contributed by atoms with Crippen molar-refractivity contribution in [1.29, 1.82) is 0 Å². The fourth-order valence-corrected chi connectivity index (χ4v) is 2.88. The van der Waals surface area contributed by atoms with Crippen LogP contribution in [0.25, 0.3) is 0 Å². The van der Waals surface area contributed by atoms with Crippen molar-refractivity contribution in [2.24, 2.45) is 0 Å². The normalized spacial score (nSPS) is 16.7. The molecule has 1 fully saturated rings. The molecule has 2 aromatic rings. The fraction of sp³-hybridized carbons (Fsp3) is 0.333. The van der Waals surface area contributed by atoms with Gasteiger partial charge in [-0.1, -0.05) is 12.1 Å². The number of hydrogen-bond acceptors (Lipinski definition) is 5. The molecule has 3 rings (SSSR count). The molecule has 0 aliphatic carbocycles. The van der Waals surface area contributed by atoms with E-state index in [1.165, 1.54) is 0 Å². The average Bonchev–Trinajstić information content (AvgIpc) is 3.16. The molecule has 1 aromatic carbocycles. The highest BCUT2D eigenvalue weighted by molar-refractivity contribution is 5.99. The number of para-hydroxylation sites is 2. The lowest BCUT2D eigenvalue weighted by atomic mass is 10.1. The zero-order valence-electron chi connectivity index (χ0n) is 14.0. The van der Waals surface area contributed by atoms with Gasteiger partial charge in [-0.3, -0.25) is 4.79 Å². The Morgan fingerprint density at radius 1 is 1.33 bits per heavy atom. The number of anilines is 2. The Morgan fingerprint density at radius 2 is 2.17 bits per heavy atom. The van der Waals surface area contributed by atoms with Crippen molar-refractivity contribution in [3.63, 3.8) is 0 Å². The highest BCUT2D eigenvalue weighted by atomic mass is 16.5. The van der Waals surface area contributed by atoms with Crippen molar-refractivity contribution >= 4 is 17.4 Å². The van der Waals surface area contributed by atoms with E-state index >= 15 is 0 Å². The van der Waals surface area contributed by atoms with Crippen molar-refractivity contribution in [3.8, 4) is 5.75 Å². The molecule has 2 N–H and O–H groups in total. The highest BCUT2D eigenvalue weighted by Crippen LogP contribution is 2.28. The van der Waals surface area contributed by atoms with Gasteiger partial charge in [0, 0.05) is 25.8 Å². The predicted octanol–water partition coefficient (Wildman–Crippen LogP) is 2.27. The smallest absolute Gasteiger partial charge is 0.257 e. The first-order valence-corrected chi connectivity index (χ1v) is 8.03. The van der Waals surface area contributed by atoms with Gasteiger partial charge in [-0.25, -0.2) is 4.98 Å². The molecule has 6 heteroatoms. The molecule has 0 bridgehead atoms. The lowest BCUT2D eigenvalue weighted by Gasteiger charge is -2.24. The van der Waals surface area contributed by atoms with E-state index in [4.69, 9.17) is 4.74 Å². The molecular weight excluding hydrogens is 304 g/mol. The molecule has 24 heavy (non-hydrogen) atoms. The lowest BCUT2D eigenvalue weighted by Crippen LogP contribution is -2.38. The summed E-state index contributed by atoms with van der Waals surface area (Å²) in [5, 5.41) is 6.51. The number of methoxy groups -OCH3 is 1. The van der Waals surface area contributed by atoms with Gasteiger partial charge in [0.25, 0.3) is 5.91 Å². The number of likely N-dealkylation sites (N-methyl/N-ethyl adjacent to an activating group) is 1. The second-order valence-corrected chi connectivity index (χ2v) is 5.79. The van der Waals surface area contributed by atoms with Crippen LogP contribution in [0.2, 0.25) is 0 Å². The van der Waals surface area contributed by atoms with E-state index in [1.807, 2.05) is 31.3 Å². The van der Waals surface area contributed by atoms with E-state index in [1.54, 1.807) is 30.3 Å². The molecular formula is C18H22N4O2. The van der Waals surface area contributed by atoms with Crippen molar-refractivity contribution in [3.05, 3.63) is 48.2 Å². The van der Waals surface area contributed by atoms with Gasteiger partial charge in [-0.2, -0.15) is 0 Å². The van der Waals surface area contributed by atoms with Crippen molar-refractivity contribution in [2.45, 2.75) is 12.5 Å². The van der Waals surface area contributed by atoms with Crippen LogP contribution in [0, 0.1) is 0 Å². The van der Waals surface area contributed by atoms with Crippen LogP contribution >= 0.6 is 0 Å². The molecule has 0 spiro atoms. The standard InChI is InChI=1S/C18H22N4O2/c1-22(13-9-11-19-12-13)18(23)14-6-5-10-20-17(14)21-15-7-3-4-8-16(15)24-2/h3-8,10,13,19H,9,11-12H2,1-2H3,(H,20,21). The maximum atomic E-state index is 12.9. The number of rotatable bonds is 5. The van der Waals surface area contributed by atoms with Gasteiger partial charge in [0.05, 0.1) is 18.4 Å². The SMILES string of the molecule is COc1ccccc1Nc1ncccc1C(=O)N(C)C1CCNC1. The third kappa shape index (κ3) is 3.33. The third-order valence-corrected chi connectivity index (χ3v) is 4.30. The second kappa shape index (κ2) is 7.31. The maximum Gasteiger partial charge on any atom is 0.257 e. The van der Waals surface area contributed by atoms with E-state index in [9.17, 15) is 4.79 Å². The minimum atomic E-state index is -0.0332. The number of carbonyl (C=O) groups excluding carboxylic acids is 1. The van der Waals surface area contributed by atoms with Crippen LogP contribution < -0.4 is 15.4 Å². The van der Waals surface area contributed by atoms with Crippen LogP contribution in [-0.4, -0.2) is 49.1 Å². The molecule has 6 nitrogen and oxygen atoms in total. The van der Waals surface area contributed by atoms with Gasteiger partial charge in [0.15, 0.2) is 0 Å². The summed E-state index contributed by atoms with van der Waals surface area (Å²) < 4.78 is 5.35. The van der Waals surface area contributed by atoms with E-state index in [0.717, 1.165) is 25.2 Å². The summed E-state index contributed by atoms with van der Waals surface area (Å²) in [4.78, 5) is 19.0. The summed E-state index contributed by atoms with van der Waals surface area (Å²) >= 11 is 0. The van der Waals surface area contributed by atoms with Crippen LogP contribution in [0.4, 0.5) is 11.5 Å². The summed E-state index contributed by atoms with van der Waals surface area (Å²) in [6.45, 7) is 1.78. The van der Waals surface area contributed by atoms with Crippen molar-refractivity contribution in [2.75, 3.05) is 32.6 Å². The largest absolute Gasteiger partial charge is 0.495 e. The topological polar surface area (TPSA) is 66.5 Å². The Balaban J connectivity index is 1.86. The summed E-state index contributed by atoms with van der Waals surface area (Å²) in [5.74, 6) is 1.20. The molecule has 2 heterocycles. The monoisotopic (exact) mass is 326 g/mol. The van der Waals surface area contributed by atoms with Gasteiger partial charge in [-0.05, 0) is 37.2 Å². The Kier molecular flexibility index (Phi) is 4.96. The van der Waals surface area contributed by atoms with Crippen molar-refractivity contribution in [1.82, 2.24) is 15.2 Å². The number of ether oxygens (including phenoxy) is 1. The van der Waals surface area contributed by atoms with Crippen LogP contribution in [0.3, 0.4) is 0 Å². The first kappa shape index (κ1) is 16.3. The predicted molar refractivity (Wildman–Crippen MR) is 93.9 cm³/mol. The Morgan fingerprint density at radius 3 is 2.92 bits per heavy atom. The number of nitrogens with zero attached hydrogens (tertiary/aromatic N) is 2. The first-order chi connectivity index (χ1) is 11.7. The van der Waals surface area contributed by atoms with Gasteiger partial charge in [0.1, 0.15) is 11.6 Å². The summed E-state index contributed by atoms with van der Waals surface area (Å²) in [5.41, 5.74) is 1.33. The molecule has 0 radical (unpaired) electrons. The molecule has 1 aromatic heterocycles. The fourth-order valence-electron chi connectivity index (χ4n) is 2.88. The van der Waals surface area contributed by atoms with Gasteiger partial charge < -0.3 is 20.3 Å². The Labute approximate surface area is 141 Å². The minimum absolute atomic E-state index is 0.0332. The van der Waals surface area contributed by atoms with Crippen molar-refractivity contribution < 1.29 is 9.53 Å². The number of aromatic nitrogens is 1. The zero-order chi connectivity index (χ0) is 16.9. The Hall–Kier alpha value is -2.60. The number of benzene rings is 1. The lowest BCUT2D eigenvalue weighted by molar-refractivity contribution is 0.0744. The Bertz CT molecular complexity index is 714. The van der Waals surface area contributed by atoms with Crippen LogP contribution in [0.1, 0.15) is 16.8 Å². The quantitative estimate of drug-likeness (QED) is 0.882. The van der Waals surface area contributed by atoms with Crippen LogP contribution in [0.15, 0.2) is 42.6 Å². The van der Waals surface area contributed by atoms with Gasteiger partial charge in [-0.15, -0.1) is 0 Å². The molecule has 1 aliphatic heterocycles. The number of nitrogens with one attached hydrogen (secondary N) is 2. The highest BCUT2D eigenvalue weighted by Gasteiger charge is 2.26. The van der Waals surface area contributed by atoms with E-state index in [-0.39, 0.29) is 11.9 Å². The second-order valence-electron chi connectivity index (χ2n) is 5.79. The summed E-state index contributed by atoms with van der Waals surface area (Å²) in [6.07, 6.45) is 2.64. The molecule has 0 saturated carbocycles. The summed E-state index contributed by atoms with van der Waals surface area (Å²) in [7, 11) is 3.46. The molecule has 1 aliphatic rings. The number of hydrogen-bond donors (Lipinski definition) is 2. The number of carbonyl (C=O) groups is 1. The van der Waals surface area contributed by atoms with Gasteiger partial charge >= 0.3 is 0 Å². The molecule has 1 atom stereocenters. The number of pyridine rings is 1. The van der Waals surface area contributed by atoms with Gasteiger partial charge in [0.2, 0.25) is 0 Å². The molecule has 1 unspecified atom stereocenters. The molecule has 126 valence electrons. The van der Waals surface area contributed by atoms with E-state index in [0.29, 0.717) is 17.1 Å². The average molecular weight is 326 g/mol.